The van der Waals surface area contributed by atoms with Gasteiger partial charge >= 0.3 is 0 Å². The Morgan fingerprint density at radius 3 is 2.85 bits per heavy atom. The largest absolute Gasteiger partial charge is 0.354 e. The van der Waals surface area contributed by atoms with E-state index in [1.165, 1.54) is 32.1 Å². The molecule has 0 aliphatic heterocycles. The van der Waals surface area contributed by atoms with Gasteiger partial charge in [-0.25, -0.2) is 4.98 Å². The molecule has 1 saturated carbocycles. The van der Waals surface area contributed by atoms with Gasteiger partial charge in [0.05, 0.1) is 11.0 Å². The average molecular weight is 318 g/mol. The molecular formula is C14H24ClN3OS. The van der Waals surface area contributed by atoms with Crippen LogP contribution >= 0.6 is 23.7 Å². The maximum Gasteiger partial charge on any atom is 0.236 e. The van der Waals surface area contributed by atoms with E-state index in [1.807, 2.05) is 5.38 Å². The number of nitrogens with one attached hydrogen (secondary N) is 1. The Hall–Kier alpha value is -0.650. The third-order valence-corrected chi connectivity index (χ3v) is 4.61. The van der Waals surface area contributed by atoms with Crippen LogP contribution in [-0.4, -0.2) is 23.5 Å². The van der Waals surface area contributed by atoms with Gasteiger partial charge in [0.15, 0.2) is 0 Å². The SMILES string of the molecule is Cl.NC(CC1CCCCC1)C(=O)NCCc1nccs1. The Balaban J connectivity index is 0.00000200. The number of halogens is 1. The number of amides is 1. The summed E-state index contributed by atoms with van der Waals surface area (Å²) in [6.07, 6.45) is 9.82. The first kappa shape index (κ1) is 17.4. The summed E-state index contributed by atoms with van der Waals surface area (Å²) in [7, 11) is 0. The van der Waals surface area contributed by atoms with E-state index in [4.69, 9.17) is 5.73 Å². The van der Waals surface area contributed by atoms with Gasteiger partial charge in [-0.05, 0) is 12.3 Å². The quantitative estimate of drug-likeness (QED) is 0.847. The smallest absolute Gasteiger partial charge is 0.236 e. The van der Waals surface area contributed by atoms with Crippen molar-refractivity contribution in [3.8, 4) is 0 Å². The lowest BCUT2D eigenvalue weighted by Crippen LogP contribution is -2.42. The fourth-order valence-corrected chi connectivity index (χ4v) is 3.31. The van der Waals surface area contributed by atoms with Crippen LogP contribution in [0.5, 0.6) is 0 Å². The van der Waals surface area contributed by atoms with Crippen molar-refractivity contribution in [2.75, 3.05) is 6.54 Å². The van der Waals surface area contributed by atoms with Crippen molar-refractivity contribution in [3.05, 3.63) is 16.6 Å². The highest BCUT2D eigenvalue weighted by Gasteiger charge is 2.20. The van der Waals surface area contributed by atoms with E-state index in [-0.39, 0.29) is 24.4 Å². The molecule has 0 aromatic carbocycles. The van der Waals surface area contributed by atoms with Crippen molar-refractivity contribution >= 4 is 29.7 Å². The fourth-order valence-electron chi connectivity index (χ4n) is 2.69. The zero-order valence-corrected chi connectivity index (χ0v) is 13.3. The molecule has 1 amide bonds. The Kier molecular flexibility index (Phi) is 8.11. The molecule has 1 fully saturated rings. The molecule has 0 radical (unpaired) electrons. The molecule has 2 rings (SSSR count). The predicted octanol–water partition coefficient (Wildman–Crippen LogP) is 2.52. The second-order valence-electron chi connectivity index (χ2n) is 5.31. The molecule has 1 aliphatic carbocycles. The monoisotopic (exact) mass is 317 g/mol. The highest BCUT2D eigenvalue weighted by atomic mass is 35.5. The summed E-state index contributed by atoms with van der Waals surface area (Å²) in [6, 6.07) is -0.348. The van der Waals surface area contributed by atoms with Crippen LogP contribution in [0, 0.1) is 5.92 Å². The van der Waals surface area contributed by atoms with Crippen LogP contribution in [0.3, 0.4) is 0 Å². The number of hydrogen-bond donors (Lipinski definition) is 2. The normalized spacial score (nSPS) is 17.2. The average Bonchev–Trinajstić information content (AvgIpc) is 2.93. The molecule has 1 unspecified atom stereocenters. The Bertz CT molecular complexity index is 380. The molecule has 6 heteroatoms. The lowest BCUT2D eigenvalue weighted by atomic mass is 9.85. The van der Waals surface area contributed by atoms with E-state index in [0.29, 0.717) is 12.5 Å². The lowest BCUT2D eigenvalue weighted by Gasteiger charge is -2.24. The number of rotatable bonds is 6. The minimum Gasteiger partial charge on any atom is -0.354 e. The van der Waals surface area contributed by atoms with Crippen LogP contribution in [0.25, 0.3) is 0 Å². The van der Waals surface area contributed by atoms with Gasteiger partial charge in [0.1, 0.15) is 0 Å². The van der Waals surface area contributed by atoms with E-state index < -0.39 is 0 Å². The number of thiazole rings is 1. The first-order valence-electron chi connectivity index (χ1n) is 7.17. The van der Waals surface area contributed by atoms with Gasteiger partial charge in [-0.15, -0.1) is 23.7 Å². The van der Waals surface area contributed by atoms with Gasteiger partial charge in [0.2, 0.25) is 5.91 Å². The first-order chi connectivity index (χ1) is 9.25. The molecule has 1 aromatic rings. The van der Waals surface area contributed by atoms with Gasteiger partial charge in [-0.1, -0.05) is 32.1 Å². The molecule has 1 heterocycles. The topological polar surface area (TPSA) is 68.0 Å². The molecular weight excluding hydrogens is 294 g/mol. The highest BCUT2D eigenvalue weighted by molar-refractivity contribution is 7.09. The summed E-state index contributed by atoms with van der Waals surface area (Å²) in [6.45, 7) is 0.630. The number of hydrogen-bond acceptors (Lipinski definition) is 4. The van der Waals surface area contributed by atoms with E-state index in [9.17, 15) is 4.79 Å². The van der Waals surface area contributed by atoms with Crippen LogP contribution < -0.4 is 11.1 Å². The molecule has 3 N–H and O–H groups in total. The summed E-state index contributed by atoms with van der Waals surface area (Å²) in [4.78, 5) is 16.1. The molecule has 1 aromatic heterocycles. The third-order valence-electron chi connectivity index (χ3n) is 3.77. The van der Waals surface area contributed by atoms with Crippen LogP contribution in [0.15, 0.2) is 11.6 Å². The van der Waals surface area contributed by atoms with Crippen LogP contribution in [0.2, 0.25) is 0 Å². The fraction of sp³-hybridized carbons (Fsp3) is 0.714. The van der Waals surface area contributed by atoms with Gasteiger partial charge in [0, 0.05) is 24.5 Å². The highest BCUT2D eigenvalue weighted by Crippen LogP contribution is 2.26. The van der Waals surface area contributed by atoms with Crippen molar-refractivity contribution in [2.24, 2.45) is 11.7 Å². The Labute approximate surface area is 131 Å². The van der Waals surface area contributed by atoms with Crippen LogP contribution in [-0.2, 0) is 11.2 Å². The van der Waals surface area contributed by atoms with Crippen molar-refractivity contribution in [2.45, 2.75) is 51.0 Å². The van der Waals surface area contributed by atoms with Gasteiger partial charge in [-0.2, -0.15) is 0 Å². The van der Waals surface area contributed by atoms with E-state index in [1.54, 1.807) is 17.5 Å². The molecule has 0 saturated heterocycles. The van der Waals surface area contributed by atoms with Crippen LogP contribution in [0.1, 0.15) is 43.5 Å². The van der Waals surface area contributed by atoms with Gasteiger partial charge in [-0.3, -0.25) is 4.79 Å². The second kappa shape index (κ2) is 9.32. The Morgan fingerprint density at radius 2 is 2.20 bits per heavy atom. The summed E-state index contributed by atoms with van der Waals surface area (Å²) in [5.41, 5.74) is 5.98. The van der Waals surface area contributed by atoms with E-state index >= 15 is 0 Å². The van der Waals surface area contributed by atoms with Gasteiger partial charge < -0.3 is 11.1 Å². The first-order valence-corrected chi connectivity index (χ1v) is 8.05. The molecule has 114 valence electrons. The van der Waals surface area contributed by atoms with Crippen molar-refractivity contribution < 1.29 is 4.79 Å². The molecule has 1 aliphatic rings. The van der Waals surface area contributed by atoms with E-state index in [2.05, 4.69) is 10.3 Å². The minimum absolute atomic E-state index is 0. The summed E-state index contributed by atoms with van der Waals surface area (Å²) < 4.78 is 0. The Morgan fingerprint density at radius 1 is 1.45 bits per heavy atom. The number of nitrogens with two attached hydrogens (primary N) is 1. The molecule has 4 nitrogen and oxygen atoms in total. The lowest BCUT2D eigenvalue weighted by molar-refractivity contribution is -0.122. The molecule has 0 spiro atoms. The standard InChI is InChI=1S/C14H23N3OS.ClH/c15-12(10-11-4-2-1-3-5-11)14(18)17-7-6-13-16-8-9-19-13;/h8-9,11-12H,1-7,10,15H2,(H,17,18);1H. The van der Waals surface area contributed by atoms with Gasteiger partial charge in [0.25, 0.3) is 0 Å². The molecule has 1 atom stereocenters. The predicted molar refractivity (Wildman–Crippen MR) is 85.2 cm³/mol. The van der Waals surface area contributed by atoms with Crippen molar-refractivity contribution in [1.82, 2.24) is 10.3 Å². The summed E-state index contributed by atoms with van der Waals surface area (Å²) >= 11 is 1.62. The number of carbonyl (C=O) groups excluding carboxylic acids is 1. The second-order valence-corrected chi connectivity index (χ2v) is 6.29. The summed E-state index contributed by atoms with van der Waals surface area (Å²) in [5.74, 6) is 0.635. The number of carbonyl (C=O) groups is 1. The third kappa shape index (κ3) is 5.77. The maximum atomic E-state index is 11.9. The van der Waals surface area contributed by atoms with Crippen molar-refractivity contribution in [3.63, 3.8) is 0 Å². The van der Waals surface area contributed by atoms with E-state index in [0.717, 1.165) is 17.8 Å². The van der Waals surface area contributed by atoms with Crippen LogP contribution in [0.4, 0.5) is 0 Å². The minimum atomic E-state index is -0.348. The molecule has 20 heavy (non-hydrogen) atoms. The number of aromatic nitrogens is 1. The zero-order chi connectivity index (χ0) is 13.5. The summed E-state index contributed by atoms with van der Waals surface area (Å²) in [5, 5.41) is 5.92. The molecule has 0 bridgehead atoms. The van der Waals surface area contributed by atoms with Crippen molar-refractivity contribution in [1.29, 1.82) is 0 Å². The zero-order valence-electron chi connectivity index (χ0n) is 11.7. The maximum absolute atomic E-state index is 11.9. The number of nitrogens with zero attached hydrogens (tertiary/aromatic N) is 1.